The van der Waals surface area contributed by atoms with Gasteiger partial charge in [0.25, 0.3) is 0 Å². The van der Waals surface area contributed by atoms with E-state index in [1.54, 1.807) is 12.1 Å². The second-order valence-corrected chi connectivity index (χ2v) is 5.61. The molecule has 1 saturated heterocycles. The second kappa shape index (κ2) is 7.31. The smallest absolute Gasteiger partial charge is 0.148 e. The van der Waals surface area contributed by atoms with E-state index in [0.717, 1.165) is 49.7 Å². The number of rotatable bonds is 5. The van der Waals surface area contributed by atoms with Crippen LogP contribution in [-0.4, -0.2) is 30.0 Å². The van der Waals surface area contributed by atoms with Crippen LogP contribution >= 0.6 is 0 Å². The van der Waals surface area contributed by atoms with Gasteiger partial charge in [0.2, 0.25) is 0 Å². The predicted molar refractivity (Wildman–Crippen MR) is 84.1 cm³/mol. The van der Waals surface area contributed by atoms with Gasteiger partial charge in [0.05, 0.1) is 5.69 Å². The molecule has 2 aromatic rings. The first-order valence-electron chi connectivity index (χ1n) is 7.72. The molecule has 4 nitrogen and oxygen atoms in total. The Balaban J connectivity index is 1.51. The average Bonchev–Trinajstić information content (AvgIpc) is 2.57. The highest BCUT2D eigenvalue weighted by Gasteiger charge is 2.13. The Bertz CT molecular complexity index is 580. The molecule has 1 aliphatic heterocycles. The number of hydrogen-bond acceptors (Lipinski definition) is 4. The maximum absolute atomic E-state index is 12.9. The normalized spacial score (nSPS) is 18.1. The molecule has 22 heavy (non-hydrogen) atoms. The van der Waals surface area contributed by atoms with Crippen molar-refractivity contribution in [2.45, 2.75) is 19.3 Å². The van der Waals surface area contributed by atoms with Crippen LogP contribution in [0.3, 0.4) is 0 Å². The number of benzene rings is 1. The fourth-order valence-electron chi connectivity index (χ4n) is 2.64. The number of halogens is 1. The van der Waals surface area contributed by atoms with Gasteiger partial charge in [-0.15, -0.1) is 10.2 Å². The van der Waals surface area contributed by atoms with E-state index in [2.05, 4.69) is 15.5 Å². The Morgan fingerprint density at radius 3 is 2.68 bits per heavy atom. The van der Waals surface area contributed by atoms with Crippen molar-refractivity contribution in [1.82, 2.24) is 10.2 Å². The Morgan fingerprint density at radius 2 is 2.00 bits per heavy atom. The molecule has 0 spiro atoms. The molecule has 1 N–H and O–H groups in total. The molecule has 0 saturated carbocycles. The fourth-order valence-corrected chi connectivity index (χ4v) is 2.64. The fraction of sp³-hybridized carbons (Fsp3) is 0.412. The van der Waals surface area contributed by atoms with Gasteiger partial charge in [0.1, 0.15) is 11.6 Å². The molecule has 1 atom stereocenters. The van der Waals surface area contributed by atoms with Crippen molar-refractivity contribution in [3.63, 3.8) is 0 Å². The lowest BCUT2D eigenvalue weighted by atomic mass is 9.99. The molecule has 1 fully saturated rings. The summed E-state index contributed by atoms with van der Waals surface area (Å²) in [5, 5.41) is 11.6. The monoisotopic (exact) mass is 301 g/mol. The van der Waals surface area contributed by atoms with E-state index < -0.39 is 0 Å². The third kappa shape index (κ3) is 4.01. The standard InChI is InChI=1S/C17H20FN3O/c18-15-5-3-14(4-6-15)16-7-8-17(21-20-16)19-10-9-13-2-1-11-22-12-13/h3-8,13H,1-2,9-12H2,(H,19,21)/t13-/m1/s1. The minimum Gasteiger partial charge on any atom is -0.381 e. The molecule has 0 unspecified atom stereocenters. The van der Waals surface area contributed by atoms with E-state index in [1.807, 2.05) is 12.1 Å². The first-order chi connectivity index (χ1) is 10.8. The van der Waals surface area contributed by atoms with Gasteiger partial charge in [-0.1, -0.05) is 0 Å². The van der Waals surface area contributed by atoms with Gasteiger partial charge in [0, 0.05) is 25.3 Å². The number of hydrogen-bond donors (Lipinski definition) is 1. The molecule has 1 aliphatic rings. The molecule has 5 heteroatoms. The molecule has 0 radical (unpaired) electrons. The Kier molecular flexibility index (Phi) is 4.96. The van der Waals surface area contributed by atoms with Crippen LogP contribution in [0.1, 0.15) is 19.3 Å². The van der Waals surface area contributed by atoms with E-state index in [4.69, 9.17) is 4.74 Å². The minimum atomic E-state index is -0.248. The average molecular weight is 301 g/mol. The highest BCUT2D eigenvalue weighted by molar-refractivity contribution is 5.59. The van der Waals surface area contributed by atoms with Crippen molar-refractivity contribution < 1.29 is 9.13 Å². The van der Waals surface area contributed by atoms with Crippen LogP contribution in [-0.2, 0) is 4.74 Å². The van der Waals surface area contributed by atoms with Crippen molar-refractivity contribution in [3.8, 4) is 11.3 Å². The number of nitrogens with one attached hydrogen (secondary N) is 1. The summed E-state index contributed by atoms with van der Waals surface area (Å²) in [5.74, 6) is 1.16. The Hall–Kier alpha value is -2.01. The Morgan fingerprint density at radius 1 is 1.14 bits per heavy atom. The topological polar surface area (TPSA) is 47.0 Å². The summed E-state index contributed by atoms with van der Waals surface area (Å²) < 4.78 is 18.4. The summed E-state index contributed by atoms with van der Waals surface area (Å²) in [6.07, 6.45) is 3.50. The maximum Gasteiger partial charge on any atom is 0.148 e. The van der Waals surface area contributed by atoms with Crippen molar-refractivity contribution in [2.24, 2.45) is 5.92 Å². The lowest BCUT2D eigenvalue weighted by molar-refractivity contribution is 0.0530. The van der Waals surface area contributed by atoms with E-state index in [9.17, 15) is 4.39 Å². The second-order valence-electron chi connectivity index (χ2n) is 5.61. The van der Waals surface area contributed by atoms with Crippen molar-refractivity contribution in [3.05, 3.63) is 42.2 Å². The van der Waals surface area contributed by atoms with Gasteiger partial charge in [-0.3, -0.25) is 0 Å². The van der Waals surface area contributed by atoms with Crippen LogP contribution in [0.15, 0.2) is 36.4 Å². The SMILES string of the molecule is Fc1ccc(-c2ccc(NCC[C@H]3CCCOC3)nn2)cc1. The number of aromatic nitrogens is 2. The molecule has 2 heterocycles. The molecular formula is C17H20FN3O. The van der Waals surface area contributed by atoms with Crippen LogP contribution in [0, 0.1) is 11.7 Å². The molecule has 1 aromatic carbocycles. The van der Waals surface area contributed by atoms with E-state index in [-0.39, 0.29) is 5.82 Å². The van der Waals surface area contributed by atoms with Crippen molar-refractivity contribution in [2.75, 3.05) is 25.1 Å². The summed E-state index contributed by atoms with van der Waals surface area (Å²) >= 11 is 0. The molecule has 1 aromatic heterocycles. The van der Waals surface area contributed by atoms with Gasteiger partial charge in [-0.2, -0.15) is 0 Å². The molecule has 0 bridgehead atoms. The zero-order valence-corrected chi connectivity index (χ0v) is 12.5. The van der Waals surface area contributed by atoms with Gasteiger partial charge in [-0.05, 0) is 61.6 Å². The molecule has 116 valence electrons. The third-order valence-corrected chi connectivity index (χ3v) is 3.92. The largest absolute Gasteiger partial charge is 0.381 e. The highest BCUT2D eigenvalue weighted by atomic mass is 19.1. The van der Waals surface area contributed by atoms with Gasteiger partial charge in [-0.25, -0.2) is 4.39 Å². The molecule has 0 amide bonds. The zero-order valence-electron chi connectivity index (χ0n) is 12.5. The lowest BCUT2D eigenvalue weighted by Crippen LogP contribution is -2.20. The van der Waals surface area contributed by atoms with Gasteiger partial charge >= 0.3 is 0 Å². The zero-order chi connectivity index (χ0) is 15.2. The summed E-state index contributed by atoms with van der Waals surface area (Å²) in [7, 11) is 0. The van der Waals surface area contributed by atoms with Crippen LogP contribution in [0.2, 0.25) is 0 Å². The van der Waals surface area contributed by atoms with Crippen LogP contribution in [0.25, 0.3) is 11.3 Å². The van der Waals surface area contributed by atoms with Crippen molar-refractivity contribution in [1.29, 1.82) is 0 Å². The van der Waals surface area contributed by atoms with Gasteiger partial charge in [0.15, 0.2) is 0 Å². The first-order valence-corrected chi connectivity index (χ1v) is 7.72. The van der Waals surface area contributed by atoms with Gasteiger partial charge < -0.3 is 10.1 Å². The van der Waals surface area contributed by atoms with Crippen LogP contribution in [0.5, 0.6) is 0 Å². The summed E-state index contributed by atoms with van der Waals surface area (Å²) in [6, 6.07) is 10.1. The van der Waals surface area contributed by atoms with E-state index in [0.29, 0.717) is 5.92 Å². The third-order valence-electron chi connectivity index (χ3n) is 3.92. The number of ether oxygens (including phenoxy) is 1. The summed E-state index contributed by atoms with van der Waals surface area (Å²) in [4.78, 5) is 0. The van der Waals surface area contributed by atoms with Crippen molar-refractivity contribution >= 4 is 5.82 Å². The molecular weight excluding hydrogens is 281 g/mol. The van der Waals surface area contributed by atoms with Crippen LogP contribution in [0.4, 0.5) is 10.2 Å². The maximum atomic E-state index is 12.9. The number of anilines is 1. The lowest BCUT2D eigenvalue weighted by Gasteiger charge is -2.21. The Labute approximate surface area is 129 Å². The quantitative estimate of drug-likeness (QED) is 0.918. The molecule has 3 rings (SSSR count). The summed E-state index contributed by atoms with van der Waals surface area (Å²) in [6.45, 7) is 2.65. The first kappa shape index (κ1) is 14.9. The van der Waals surface area contributed by atoms with E-state index >= 15 is 0 Å². The number of nitrogens with zero attached hydrogens (tertiary/aromatic N) is 2. The van der Waals surface area contributed by atoms with E-state index in [1.165, 1.54) is 18.6 Å². The summed E-state index contributed by atoms with van der Waals surface area (Å²) in [5.41, 5.74) is 1.60. The highest BCUT2D eigenvalue weighted by Crippen LogP contribution is 2.19. The molecule has 0 aliphatic carbocycles. The predicted octanol–water partition coefficient (Wildman–Crippen LogP) is 3.51. The minimum absolute atomic E-state index is 0.248. The van der Waals surface area contributed by atoms with Crippen LogP contribution < -0.4 is 5.32 Å².